The Balaban J connectivity index is 1.42. The van der Waals surface area contributed by atoms with Gasteiger partial charge in [0.25, 0.3) is 0 Å². The Kier molecular flexibility index (Phi) is 3.75. The molecule has 2 fully saturated rings. The third-order valence-electron chi connectivity index (χ3n) is 5.89. The Bertz CT molecular complexity index is 974. The van der Waals surface area contributed by atoms with E-state index in [-0.39, 0.29) is 17.8 Å². The highest BCUT2D eigenvalue weighted by Crippen LogP contribution is 2.34. The number of aromatic hydroxyl groups is 1. The SMILES string of the molecule is CN(c1cnc(-c2ccn3cncc3c2O)cn1)[C@@H]1CC2CC[C@H](N2)[C@@H]1F. The molecule has 3 aromatic heterocycles. The third-order valence-corrected chi connectivity index (χ3v) is 5.89. The van der Waals surface area contributed by atoms with E-state index in [9.17, 15) is 9.50 Å². The lowest BCUT2D eigenvalue weighted by atomic mass is 9.96. The van der Waals surface area contributed by atoms with Crippen LogP contribution in [0.1, 0.15) is 19.3 Å². The zero-order valence-electron chi connectivity index (χ0n) is 15.0. The maximum atomic E-state index is 14.8. The Labute approximate surface area is 155 Å². The molecule has 0 spiro atoms. The lowest BCUT2D eigenvalue weighted by Gasteiger charge is -2.38. The first kappa shape index (κ1) is 16.4. The molecular weight excluding hydrogens is 347 g/mol. The Morgan fingerprint density at radius 3 is 2.96 bits per heavy atom. The second kappa shape index (κ2) is 6.16. The number of aromatic nitrogens is 4. The molecule has 2 N–H and O–H groups in total. The first-order valence-corrected chi connectivity index (χ1v) is 9.21. The molecule has 0 aromatic carbocycles. The number of anilines is 1. The maximum Gasteiger partial charge on any atom is 0.150 e. The first-order chi connectivity index (χ1) is 13.1. The molecule has 2 bridgehead atoms. The van der Waals surface area contributed by atoms with Crippen LogP contribution in [0.2, 0.25) is 0 Å². The van der Waals surface area contributed by atoms with Gasteiger partial charge in [-0.3, -0.25) is 4.98 Å². The topological polar surface area (TPSA) is 78.6 Å². The summed E-state index contributed by atoms with van der Waals surface area (Å²) in [6.45, 7) is 0. The van der Waals surface area contributed by atoms with Crippen LogP contribution in [0.15, 0.2) is 37.2 Å². The zero-order valence-corrected chi connectivity index (χ0v) is 15.0. The van der Waals surface area contributed by atoms with Crippen LogP contribution in [0.3, 0.4) is 0 Å². The number of piperidine rings is 1. The number of halogens is 1. The molecule has 27 heavy (non-hydrogen) atoms. The molecule has 0 aliphatic carbocycles. The van der Waals surface area contributed by atoms with E-state index in [0.717, 1.165) is 19.3 Å². The van der Waals surface area contributed by atoms with Gasteiger partial charge < -0.3 is 19.7 Å². The van der Waals surface area contributed by atoms with Crippen molar-refractivity contribution in [2.24, 2.45) is 0 Å². The van der Waals surface area contributed by atoms with Crippen LogP contribution >= 0.6 is 0 Å². The number of rotatable bonds is 3. The molecule has 5 rings (SSSR count). The number of pyridine rings is 1. The van der Waals surface area contributed by atoms with Gasteiger partial charge in [0, 0.05) is 30.9 Å². The Morgan fingerprint density at radius 2 is 2.15 bits per heavy atom. The summed E-state index contributed by atoms with van der Waals surface area (Å²) in [5.74, 6) is 0.752. The molecule has 2 aliphatic heterocycles. The van der Waals surface area contributed by atoms with Gasteiger partial charge in [-0.2, -0.15) is 0 Å². The largest absolute Gasteiger partial charge is 0.505 e. The van der Waals surface area contributed by atoms with E-state index in [0.29, 0.717) is 28.6 Å². The number of fused-ring (bicyclic) bond motifs is 3. The third kappa shape index (κ3) is 2.63. The first-order valence-electron chi connectivity index (χ1n) is 9.21. The predicted molar refractivity (Wildman–Crippen MR) is 99.5 cm³/mol. The maximum absolute atomic E-state index is 14.8. The van der Waals surface area contributed by atoms with Crippen molar-refractivity contribution in [2.45, 2.75) is 43.6 Å². The molecule has 5 heterocycles. The molecule has 2 aliphatic rings. The number of nitrogens with one attached hydrogen (secondary N) is 1. The lowest BCUT2D eigenvalue weighted by Crippen LogP contribution is -2.55. The minimum atomic E-state index is -0.913. The summed E-state index contributed by atoms with van der Waals surface area (Å²) in [5.41, 5.74) is 1.77. The number of alkyl halides is 1. The van der Waals surface area contributed by atoms with Gasteiger partial charge in [-0.05, 0) is 25.3 Å². The summed E-state index contributed by atoms with van der Waals surface area (Å²) in [4.78, 5) is 14.9. The fraction of sp³-hybridized carbons (Fsp3) is 0.421. The fourth-order valence-corrected chi connectivity index (χ4v) is 4.35. The second-order valence-corrected chi connectivity index (χ2v) is 7.43. The van der Waals surface area contributed by atoms with Gasteiger partial charge in [-0.1, -0.05) is 0 Å². The monoisotopic (exact) mass is 368 g/mol. The van der Waals surface area contributed by atoms with Crippen LogP contribution in [0.5, 0.6) is 5.75 Å². The van der Waals surface area contributed by atoms with Crippen molar-refractivity contribution in [3.63, 3.8) is 0 Å². The second-order valence-electron chi connectivity index (χ2n) is 7.43. The summed E-state index contributed by atoms with van der Waals surface area (Å²) in [6.07, 6.45) is 10.1. The standard InChI is InChI=1S/C19H21FN6O/c1-25(15-6-11-2-3-13(24-11)18(15)20)17-9-22-14(7-23-17)12-4-5-26-10-21-8-16(26)19(12)27/h4-5,7-11,13,15,18,24,27H,2-3,6H2,1H3/t11?,13-,15+,18-/m0/s1. The van der Waals surface area contributed by atoms with Crippen molar-refractivity contribution >= 4 is 11.3 Å². The molecule has 2 saturated heterocycles. The van der Waals surface area contributed by atoms with E-state index in [1.54, 1.807) is 35.4 Å². The molecular formula is C19H21FN6O. The summed E-state index contributed by atoms with van der Waals surface area (Å²) in [5, 5.41) is 13.8. The van der Waals surface area contributed by atoms with Crippen LogP contribution in [-0.4, -0.2) is 55.8 Å². The summed E-state index contributed by atoms with van der Waals surface area (Å²) in [7, 11) is 1.88. The zero-order chi connectivity index (χ0) is 18.5. The van der Waals surface area contributed by atoms with Crippen LogP contribution in [0.4, 0.5) is 10.2 Å². The normalized spacial score (nSPS) is 27.2. The minimum Gasteiger partial charge on any atom is -0.505 e. The van der Waals surface area contributed by atoms with E-state index >= 15 is 0 Å². The fourth-order valence-electron chi connectivity index (χ4n) is 4.35. The van der Waals surface area contributed by atoms with Gasteiger partial charge in [0.15, 0.2) is 5.75 Å². The molecule has 0 radical (unpaired) electrons. The summed E-state index contributed by atoms with van der Waals surface area (Å²) in [6, 6.07) is 1.92. The van der Waals surface area contributed by atoms with Gasteiger partial charge in [0.2, 0.25) is 0 Å². The molecule has 1 unspecified atom stereocenters. The quantitative estimate of drug-likeness (QED) is 0.738. The molecule has 3 aromatic rings. The van der Waals surface area contributed by atoms with Gasteiger partial charge in [0.1, 0.15) is 17.5 Å². The Hall–Kier alpha value is -2.74. The van der Waals surface area contributed by atoms with E-state index < -0.39 is 6.17 Å². The minimum absolute atomic E-state index is 0.0530. The van der Waals surface area contributed by atoms with E-state index in [2.05, 4.69) is 20.3 Å². The van der Waals surface area contributed by atoms with Crippen molar-refractivity contribution in [2.75, 3.05) is 11.9 Å². The van der Waals surface area contributed by atoms with Crippen molar-refractivity contribution in [1.29, 1.82) is 0 Å². The highest BCUT2D eigenvalue weighted by molar-refractivity contribution is 5.76. The lowest BCUT2D eigenvalue weighted by molar-refractivity contribution is 0.176. The van der Waals surface area contributed by atoms with Crippen LogP contribution in [0, 0.1) is 0 Å². The van der Waals surface area contributed by atoms with Crippen molar-refractivity contribution in [3.05, 3.63) is 37.2 Å². The average Bonchev–Trinajstić information content (AvgIpc) is 3.33. The van der Waals surface area contributed by atoms with Crippen molar-refractivity contribution in [1.82, 2.24) is 24.7 Å². The molecule has 7 nitrogen and oxygen atoms in total. The predicted octanol–water partition coefficient (Wildman–Crippen LogP) is 2.16. The number of nitrogens with zero attached hydrogens (tertiary/aromatic N) is 5. The molecule has 0 saturated carbocycles. The molecule has 4 atom stereocenters. The number of hydrogen-bond donors (Lipinski definition) is 2. The Morgan fingerprint density at radius 1 is 1.26 bits per heavy atom. The van der Waals surface area contributed by atoms with Crippen molar-refractivity contribution < 1.29 is 9.50 Å². The number of hydrogen-bond acceptors (Lipinski definition) is 6. The van der Waals surface area contributed by atoms with Crippen molar-refractivity contribution in [3.8, 4) is 17.0 Å². The molecule has 8 heteroatoms. The number of imidazole rings is 1. The molecule has 0 amide bonds. The summed E-state index contributed by atoms with van der Waals surface area (Å²) >= 11 is 0. The van der Waals surface area contributed by atoms with Crippen LogP contribution in [-0.2, 0) is 0 Å². The van der Waals surface area contributed by atoms with Gasteiger partial charge in [0.05, 0.1) is 36.7 Å². The van der Waals surface area contributed by atoms with Gasteiger partial charge >= 0.3 is 0 Å². The van der Waals surface area contributed by atoms with E-state index in [1.165, 1.54) is 0 Å². The van der Waals surface area contributed by atoms with E-state index in [4.69, 9.17) is 0 Å². The van der Waals surface area contributed by atoms with E-state index in [1.807, 2.05) is 18.1 Å². The smallest absolute Gasteiger partial charge is 0.150 e. The highest BCUT2D eigenvalue weighted by Gasteiger charge is 2.43. The van der Waals surface area contributed by atoms with Crippen LogP contribution in [0.25, 0.3) is 16.8 Å². The summed E-state index contributed by atoms with van der Waals surface area (Å²) < 4.78 is 16.5. The average molecular weight is 368 g/mol. The molecule has 140 valence electrons. The van der Waals surface area contributed by atoms with Gasteiger partial charge in [-0.25, -0.2) is 14.4 Å². The van der Waals surface area contributed by atoms with Crippen LogP contribution < -0.4 is 10.2 Å². The highest BCUT2D eigenvalue weighted by atomic mass is 19.1. The van der Waals surface area contributed by atoms with Gasteiger partial charge in [-0.15, -0.1) is 0 Å².